The van der Waals surface area contributed by atoms with Gasteiger partial charge in [0, 0.05) is 19.4 Å². The third-order valence-corrected chi connectivity index (χ3v) is 4.40. The first-order chi connectivity index (χ1) is 10.1. The van der Waals surface area contributed by atoms with Crippen LogP contribution in [0, 0.1) is 5.92 Å². The highest BCUT2D eigenvalue weighted by atomic mass is 16.4. The Morgan fingerprint density at radius 3 is 2.67 bits per heavy atom. The average Bonchev–Trinajstić information content (AvgIpc) is 2.98. The van der Waals surface area contributed by atoms with Gasteiger partial charge in [-0.1, -0.05) is 36.4 Å². The van der Waals surface area contributed by atoms with E-state index in [9.17, 15) is 14.7 Å². The Hall–Kier alpha value is -2.10. The van der Waals surface area contributed by atoms with E-state index in [4.69, 9.17) is 0 Å². The molecule has 4 nitrogen and oxygen atoms in total. The van der Waals surface area contributed by atoms with E-state index < -0.39 is 12.0 Å². The number of carbonyl (C=O) groups is 2. The van der Waals surface area contributed by atoms with Gasteiger partial charge in [-0.15, -0.1) is 0 Å². The number of allylic oxidation sites excluding steroid dienone is 2. The van der Waals surface area contributed by atoms with Gasteiger partial charge in [0.15, 0.2) is 0 Å². The molecule has 1 heterocycles. The first-order valence-electron chi connectivity index (χ1n) is 7.41. The topological polar surface area (TPSA) is 57.6 Å². The van der Waals surface area contributed by atoms with E-state index in [0.717, 1.165) is 24.0 Å². The summed E-state index contributed by atoms with van der Waals surface area (Å²) in [6.07, 6.45) is 7.00. The summed E-state index contributed by atoms with van der Waals surface area (Å²) in [6.45, 7) is 0.405. The van der Waals surface area contributed by atoms with Crippen LogP contribution in [0.25, 0.3) is 0 Å². The molecule has 0 bridgehead atoms. The molecule has 2 aliphatic rings. The summed E-state index contributed by atoms with van der Waals surface area (Å²) < 4.78 is 0. The van der Waals surface area contributed by atoms with Crippen molar-refractivity contribution >= 4 is 11.9 Å². The van der Waals surface area contributed by atoms with Crippen LogP contribution in [-0.2, 0) is 22.6 Å². The third kappa shape index (κ3) is 2.84. The van der Waals surface area contributed by atoms with Crippen molar-refractivity contribution in [3.05, 3.63) is 47.5 Å². The molecule has 110 valence electrons. The van der Waals surface area contributed by atoms with Crippen molar-refractivity contribution in [1.82, 2.24) is 4.90 Å². The van der Waals surface area contributed by atoms with Crippen LogP contribution < -0.4 is 0 Å². The minimum atomic E-state index is -0.917. The number of hydrogen-bond acceptors (Lipinski definition) is 2. The van der Waals surface area contributed by atoms with Crippen molar-refractivity contribution in [3.8, 4) is 0 Å². The highest BCUT2D eigenvalue weighted by Gasteiger charge is 2.34. The highest BCUT2D eigenvalue weighted by molar-refractivity contribution is 5.84. The molecule has 1 N–H and O–H groups in total. The minimum absolute atomic E-state index is 0.0477. The SMILES string of the molecule is O=C(O)[C@@H]1Cc2ccccc2CN1C(=O)C[C@H]1C=CCC1. The van der Waals surface area contributed by atoms with E-state index in [1.165, 1.54) is 4.90 Å². The zero-order valence-electron chi connectivity index (χ0n) is 11.9. The quantitative estimate of drug-likeness (QED) is 0.867. The molecule has 0 radical (unpaired) electrons. The summed E-state index contributed by atoms with van der Waals surface area (Å²) in [5, 5.41) is 9.44. The lowest BCUT2D eigenvalue weighted by atomic mass is 9.93. The fraction of sp³-hybridized carbons (Fsp3) is 0.412. The Labute approximate surface area is 124 Å². The molecular formula is C17H19NO3. The standard InChI is InChI=1S/C17H19NO3/c19-16(9-12-5-1-2-6-12)18-11-14-8-4-3-7-13(14)10-15(18)17(20)21/h1,3-5,7-8,12,15H,2,6,9-11H2,(H,20,21)/t12-,15-/m0/s1. The largest absolute Gasteiger partial charge is 0.480 e. The molecule has 4 heteroatoms. The molecule has 2 atom stereocenters. The van der Waals surface area contributed by atoms with Crippen LogP contribution >= 0.6 is 0 Å². The molecule has 0 saturated heterocycles. The number of benzene rings is 1. The van der Waals surface area contributed by atoms with Crippen LogP contribution in [0.2, 0.25) is 0 Å². The van der Waals surface area contributed by atoms with Crippen molar-refractivity contribution < 1.29 is 14.7 Å². The molecular weight excluding hydrogens is 266 g/mol. The molecule has 0 saturated carbocycles. The van der Waals surface area contributed by atoms with Crippen LogP contribution in [0.15, 0.2) is 36.4 Å². The lowest BCUT2D eigenvalue weighted by Gasteiger charge is -2.35. The van der Waals surface area contributed by atoms with E-state index >= 15 is 0 Å². The van der Waals surface area contributed by atoms with Crippen LogP contribution in [-0.4, -0.2) is 27.9 Å². The second-order valence-electron chi connectivity index (χ2n) is 5.82. The number of nitrogens with zero attached hydrogens (tertiary/aromatic N) is 1. The second kappa shape index (κ2) is 5.72. The van der Waals surface area contributed by atoms with E-state index in [0.29, 0.717) is 19.4 Å². The highest BCUT2D eigenvalue weighted by Crippen LogP contribution is 2.27. The van der Waals surface area contributed by atoms with Gasteiger partial charge in [-0.05, 0) is 29.9 Å². The maximum atomic E-state index is 12.5. The second-order valence-corrected chi connectivity index (χ2v) is 5.82. The first-order valence-corrected chi connectivity index (χ1v) is 7.41. The maximum absolute atomic E-state index is 12.5. The zero-order chi connectivity index (χ0) is 14.8. The zero-order valence-corrected chi connectivity index (χ0v) is 11.9. The molecule has 1 aliphatic heterocycles. The summed E-state index contributed by atoms with van der Waals surface area (Å²) in [6, 6.07) is 7.04. The Morgan fingerprint density at radius 2 is 2.00 bits per heavy atom. The van der Waals surface area contributed by atoms with E-state index in [2.05, 4.69) is 12.2 Å². The number of carboxylic acids is 1. The smallest absolute Gasteiger partial charge is 0.326 e. The fourth-order valence-electron chi connectivity index (χ4n) is 3.21. The van der Waals surface area contributed by atoms with E-state index in [-0.39, 0.29) is 11.8 Å². The number of amides is 1. The number of aliphatic carboxylic acids is 1. The molecule has 0 unspecified atom stereocenters. The summed E-state index contributed by atoms with van der Waals surface area (Å²) in [4.78, 5) is 25.6. The number of carboxylic acid groups (broad SMARTS) is 1. The molecule has 0 fully saturated rings. The predicted molar refractivity (Wildman–Crippen MR) is 78.6 cm³/mol. The van der Waals surface area contributed by atoms with Crippen LogP contribution in [0.5, 0.6) is 0 Å². The number of fused-ring (bicyclic) bond motifs is 1. The van der Waals surface area contributed by atoms with Gasteiger partial charge in [-0.25, -0.2) is 4.79 Å². The summed E-state index contributed by atoms with van der Waals surface area (Å²) in [7, 11) is 0. The molecule has 1 aromatic carbocycles. The van der Waals surface area contributed by atoms with Crippen molar-refractivity contribution in [2.45, 2.75) is 38.3 Å². The van der Waals surface area contributed by atoms with Gasteiger partial charge in [-0.3, -0.25) is 4.79 Å². The van der Waals surface area contributed by atoms with Crippen molar-refractivity contribution in [2.24, 2.45) is 5.92 Å². The Bertz CT molecular complexity index is 593. The summed E-state index contributed by atoms with van der Waals surface area (Å²) in [5.41, 5.74) is 2.10. The maximum Gasteiger partial charge on any atom is 0.326 e. The van der Waals surface area contributed by atoms with Gasteiger partial charge in [0.1, 0.15) is 6.04 Å². The van der Waals surface area contributed by atoms with Gasteiger partial charge in [-0.2, -0.15) is 0 Å². The lowest BCUT2D eigenvalue weighted by molar-refractivity contribution is -0.151. The van der Waals surface area contributed by atoms with E-state index in [1.54, 1.807) is 0 Å². The van der Waals surface area contributed by atoms with E-state index in [1.807, 2.05) is 24.3 Å². The average molecular weight is 285 g/mol. The Kier molecular flexibility index (Phi) is 3.78. The summed E-state index contributed by atoms with van der Waals surface area (Å²) >= 11 is 0. The van der Waals surface area contributed by atoms with Crippen LogP contribution in [0.3, 0.4) is 0 Å². The van der Waals surface area contributed by atoms with Gasteiger partial charge in [0.2, 0.25) is 5.91 Å². The molecule has 1 amide bonds. The predicted octanol–water partition coefficient (Wildman–Crippen LogP) is 2.38. The van der Waals surface area contributed by atoms with Gasteiger partial charge in [0.05, 0.1) is 0 Å². The van der Waals surface area contributed by atoms with Crippen LogP contribution in [0.1, 0.15) is 30.4 Å². The van der Waals surface area contributed by atoms with Gasteiger partial charge >= 0.3 is 5.97 Å². The number of rotatable bonds is 3. The minimum Gasteiger partial charge on any atom is -0.480 e. The summed E-state index contributed by atoms with van der Waals surface area (Å²) in [5.74, 6) is -0.697. The monoisotopic (exact) mass is 285 g/mol. The van der Waals surface area contributed by atoms with Gasteiger partial charge in [0.25, 0.3) is 0 Å². The van der Waals surface area contributed by atoms with Gasteiger partial charge < -0.3 is 10.0 Å². The molecule has 0 aromatic heterocycles. The lowest BCUT2D eigenvalue weighted by Crippen LogP contribution is -2.48. The molecule has 1 aromatic rings. The number of carbonyl (C=O) groups excluding carboxylic acids is 1. The Morgan fingerprint density at radius 1 is 1.24 bits per heavy atom. The normalized spacial score (nSPS) is 23.9. The van der Waals surface area contributed by atoms with Crippen molar-refractivity contribution in [3.63, 3.8) is 0 Å². The first kappa shape index (κ1) is 13.9. The van der Waals surface area contributed by atoms with Crippen molar-refractivity contribution in [1.29, 1.82) is 0 Å². The van der Waals surface area contributed by atoms with Crippen LogP contribution in [0.4, 0.5) is 0 Å². The van der Waals surface area contributed by atoms with Crippen molar-refractivity contribution in [2.75, 3.05) is 0 Å². The number of hydrogen-bond donors (Lipinski definition) is 1. The third-order valence-electron chi connectivity index (χ3n) is 4.40. The molecule has 1 aliphatic carbocycles. The molecule has 0 spiro atoms. The fourth-order valence-corrected chi connectivity index (χ4v) is 3.21. The molecule has 3 rings (SSSR count). The Balaban J connectivity index is 1.80. The molecule has 21 heavy (non-hydrogen) atoms.